The number of halogens is 4. The van der Waals surface area contributed by atoms with E-state index in [-0.39, 0.29) is 34.7 Å². The summed E-state index contributed by atoms with van der Waals surface area (Å²) in [5.74, 6) is -1.10. The molecule has 0 aliphatic carbocycles. The number of amides is 1. The molecule has 0 bridgehead atoms. The summed E-state index contributed by atoms with van der Waals surface area (Å²) in [5.41, 5.74) is 0.00945. The molecule has 1 amide bonds. The Morgan fingerprint density at radius 3 is 2.42 bits per heavy atom. The molecule has 7 nitrogen and oxygen atoms in total. The number of anilines is 1. The number of alkyl halides is 3. The first kappa shape index (κ1) is 20.3. The maximum Gasteiger partial charge on any atom is 0.417 e. The maximum absolute atomic E-state index is 13.2. The highest BCUT2D eigenvalue weighted by Crippen LogP contribution is 2.30. The Labute approximate surface area is 171 Å². The number of oxazole rings is 2. The molecule has 31 heavy (non-hydrogen) atoms. The van der Waals surface area contributed by atoms with Crippen molar-refractivity contribution in [3.8, 4) is 22.6 Å². The van der Waals surface area contributed by atoms with Gasteiger partial charge in [-0.2, -0.15) is 18.2 Å². The highest BCUT2D eigenvalue weighted by molar-refractivity contribution is 6.05. The second-order valence-electron chi connectivity index (χ2n) is 6.34. The van der Waals surface area contributed by atoms with E-state index in [1.54, 1.807) is 6.92 Å². The third-order valence-electron chi connectivity index (χ3n) is 4.14. The largest absolute Gasteiger partial charge is 0.435 e. The molecule has 4 aromatic rings. The second kappa shape index (κ2) is 7.67. The molecule has 0 fully saturated rings. The summed E-state index contributed by atoms with van der Waals surface area (Å²) in [6.45, 7) is 1.54. The van der Waals surface area contributed by atoms with Crippen LogP contribution in [-0.4, -0.2) is 20.9 Å². The van der Waals surface area contributed by atoms with Crippen LogP contribution in [0.2, 0.25) is 0 Å². The summed E-state index contributed by atoms with van der Waals surface area (Å²) in [4.78, 5) is 24.5. The number of nitrogens with zero attached hydrogens (tertiary/aromatic N) is 3. The van der Waals surface area contributed by atoms with Gasteiger partial charge in [0.05, 0.1) is 11.3 Å². The van der Waals surface area contributed by atoms with Crippen LogP contribution in [0.5, 0.6) is 0 Å². The van der Waals surface area contributed by atoms with Crippen molar-refractivity contribution in [1.82, 2.24) is 15.0 Å². The van der Waals surface area contributed by atoms with E-state index in [2.05, 4.69) is 20.3 Å². The Hall–Kier alpha value is -4.02. The van der Waals surface area contributed by atoms with Crippen LogP contribution in [0.15, 0.2) is 57.7 Å². The summed E-state index contributed by atoms with van der Waals surface area (Å²) in [5, 5.41) is 2.39. The number of carbonyl (C=O) groups excluding carboxylic acids is 1. The van der Waals surface area contributed by atoms with Crippen LogP contribution in [0.4, 0.5) is 23.6 Å². The number of aromatic nitrogens is 3. The molecule has 1 N–H and O–H groups in total. The van der Waals surface area contributed by atoms with Crippen LogP contribution in [0.25, 0.3) is 22.6 Å². The van der Waals surface area contributed by atoms with Crippen molar-refractivity contribution in [3.05, 3.63) is 71.9 Å². The van der Waals surface area contributed by atoms with Gasteiger partial charge in [0.15, 0.2) is 5.89 Å². The molecule has 0 aliphatic heterocycles. The lowest BCUT2D eigenvalue weighted by Gasteiger charge is -2.05. The van der Waals surface area contributed by atoms with Crippen LogP contribution in [0.1, 0.15) is 22.0 Å². The lowest BCUT2D eigenvalue weighted by molar-refractivity contribution is -0.137. The maximum atomic E-state index is 13.2. The van der Waals surface area contributed by atoms with Gasteiger partial charge >= 0.3 is 12.2 Å². The minimum absolute atomic E-state index is 0.122. The minimum atomic E-state index is -4.51. The van der Waals surface area contributed by atoms with Gasteiger partial charge in [-0.1, -0.05) is 0 Å². The summed E-state index contributed by atoms with van der Waals surface area (Å²) in [6, 6.07) is 7.11. The molecule has 0 unspecified atom stereocenters. The molecular formula is C20H12F4N4O3. The molecule has 0 saturated heterocycles. The van der Waals surface area contributed by atoms with Crippen LogP contribution < -0.4 is 5.32 Å². The SMILES string of the molecule is Cc1nc(-c2ccc(F)cc2)c(C(=O)Nc2nc(-c3ccc(C(F)(F)F)cn3)co2)o1. The molecule has 0 aliphatic rings. The predicted molar refractivity (Wildman–Crippen MR) is 99.3 cm³/mol. The number of pyridine rings is 1. The fraction of sp³-hybridized carbons (Fsp3) is 0.100. The molecular weight excluding hydrogens is 420 g/mol. The number of aryl methyl sites for hydroxylation is 1. The van der Waals surface area contributed by atoms with Gasteiger partial charge in [0, 0.05) is 18.7 Å². The Bertz CT molecular complexity index is 1230. The van der Waals surface area contributed by atoms with Crippen molar-refractivity contribution < 1.29 is 31.2 Å². The monoisotopic (exact) mass is 432 g/mol. The van der Waals surface area contributed by atoms with E-state index in [9.17, 15) is 22.4 Å². The fourth-order valence-corrected chi connectivity index (χ4v) is 2.70. The van der Waals surface area contributed by atoms with Crippen LogP contribution in [-0.2, 0) is 6.18 Å². The van der Waals surface area contributed by atoms with E-state index in [0.29, 0.717) is 11.8 Å². The fourth-order valence-electron chi connectivity index (χ4n) is 2.70. The van der Waals surface area contributed by atoms with Gasteiger partial charge in [-0.3, -0.25) is 15.1 Å². The van der Waals surface area contributed by atoms with E-state index in [0.717, 1.165) is 18.4 Å². The van der Waals surface area contributed by atoms with Crippen LogP contribution in [0, 0.1) is 12.7 Å². The Morgan fingerprint density at radius 1 is 1.03 bits per heavy atom. The van der Waals surface area contributed by atoms with Crippen molar-refractivity contribution in [1.29, 1.82) is 0 Å². The zero-order chi connectivity index (χ0) is 22.2. The van der Waals surface area contributed by atoms with Gasteiger partial charge in [0.25, 0.3) is 5.91 Å². The number of hydrogen-bond acceptors (Lipinski definition) is 6. The number of carbonyl (C=O) groups is 1. The Balaban J connectivity index is 1.54. The van der Waals surface area contributed by atoms with Crippen molar-refractivity contribution in [2.45, 2.75) is 13.1 Å². The summed E-state index contributed by atoms with van der Waals surface area (Å²) in [7, 11) is 0. The number of nitrogens with one attached hydrogen (secondary N) is 1. The molecule has 3 heterocycles. The highest BCUT2D eigenvalue weighted by Gasteiger charge is 2.31. The van der Waals surface area contributed by atoms with Crippen LogP contribution in [0.3, 0.4) is 0 Å². The molecule has 0 saturated carbocycles. The molecule has 0 radical (unpaired) electrons. The Morgan fingerprint density at radius 2 is 1.77 bits per heavy atom. The second-order valence-corrected chi connectivity index (χ2v) is 6.34. The average molecular weight is 432 g/mol. The van der Waals surface area contributed by atoms with Crippen molar-refractivity contribution in [2.24, 2.45) is 0 Å². The van der Waals surface area contributed by atoms with Crippen molar-refractivity contribution in [3.63, 3.8) is 0 Å². The van der Waals surface area contributed by atoms with E-state index < -0.39 is 23.5 Å². The summed E-state index contributed by atoms with van der Waals surface area (Å²) >= 11 is 0. The van der Waals surface area contributed by atoms with E-state index in [4.69, 9.17) is 8.83 Å². The molecule has 0 spiro atoms. The molecule has 11 heteroatoms. The van der Waals surface area contributed by atoms with Crippen molar-refractivity contribution >= 4 is 11.9 Å². The third kappa shape index (κ3) is 4.29. The zero-order valence-corrected chi connectivity index (χ0v) is 15.7. The van der Waals surface area contributed by atoms with Crippen molar-refractivity contribution in [2.75, 3.05) is 5.32 Å². The number of benzene rings is 1. The van der Waals surface area contributed by atoms with E-state index in [1.165, 1.54) is 24.3 Å². The van der Waals surface area contributed by atoms with Gasteiger partial charge < -0.3 is 8.83 Å². The summed E-state index contributed by atoms with van der Waals surface area (Å²) in [6.07, 6.45) is -2.70. The lowest BCUT2D eigenvalue weighted by atomic mass is 10.1. The number of rotatable bonds is 4. The standard InChI is InChI=1S/C20H12F4N4O3/c1-10-26-16(11-2-5-13(21)6-3-11)17(31-10)18(29)28-19-27-15(9-30-19)14-7-4-12(8-25-14)20(22,23)24/h2-9H,1H3,(H,27,28,29). The first-order valence-electron chi connectivity index (χ1n) is 8.74. The third-order valence-corrected chi connectivity index (χ3v) is 4.14. The molecule has 3 aromatic heterocycles. The Kier molecular flexibility index (Phi) is 5.01. The molecule has 1 aromatic carbocycles. The topological polar surface area (TPSA) is 94.1 Å². The molecule has 158 valence electrons. The lowest BCUT2D eigenvalue weighted by Crippen LogP contribution is -2.12. The predicted octanol–water partition coefficient (Wildman–Crippen LogP) is 5.11. The van der Waals surface area contributed by atoms with Gasteiger partial charge in [-0.15, -0.1) is 0 Å². The molecule has 4 rings (SSSR count). The minimum Gasteiger partial charge on any atom is -0.435 e. The smallest absolute Gasteiger partial charge is 0.417 e. The summed E-state index contributed by atoms with van der Waals surface area (Å²) < 4.78 is 61.7. The normalized spacial score (nSPS) is 11.5. The van der Waals surface area contributed by atoms with Gasteiger partial charge in [0.2, 0.25) is 5.76 Å². The average Bonchev–Trinajstić information content (AvgIpc) is 3.35. The first-order valence-corrected chi connectivity index (χ1v) is 8.74. The van der Waals surface area contributed by atoms with E-state index >= 15 is 0 Å². The molecule has 0 atom stereocenters. The highest BCUT2D eigenvalue weighted by atomic mass is 19.4. The van der Waals surface area contributed by atoms with Gasteiger partial charge in [-0.25, -0.2) is 9.37 Å². The zero-order valence-electron chi connectivity index (χ0n) is 15.7. The van der Waals surface area contributed by atoms with E-state index in [1.807, 2.05) is 0 Å². The quantitative estimate of drug-likeness (QED) is 0.451. The van der Waals surface area contributed by atoms with Gasteiger partial charge in [0.1, 0.15) is 23.5 Å². The van der Waals surface area contributed by atoms with Gasteiger partial charge in [-0.05, 0) is 36.4 Å². The first-order chi connectivity index (χ1) is 14.7. The van der Waals surface area contributed by atoms with Crippen LogP contribution >= 0.6 is 0 Å². The number of hydrogen-bond donors (Lipinski definition) is 1.